The number of carbonyl (C=O) groups is 1. The number of hydrogen-bond donors (Lipinski definition) is 0. The lowest BCUT2D eigenvalue weighted by Crippen LogP contribution is -2.42. The van der Waals surface area contributed by atoms with E-state index in [1.165, 1.54) is 0 Å². The number of morpholine rings is 1. The van der Waals surface area contributed by atoms with Gasteiger partial charge in [-0.25, -0.2) is 9.50 Å². The molecule has 222 valence electrons. The lowest BCUT2D eigenvalue weighted by molar-refractivity contribution is -0.0404. The van der Waals surface area contributed by atoms with Gasteiger partial charge in [0.05, 0.1) is 35.1 Å². The molecule has 0 bridgehead atoms. The van der Waals surface area contributed by atoms with Crippen LogP contribution in [0.15, 0.2) is 55.1 Å². The zero-order chi connectivity index (χ0) is 30.0. The molecule has 4 aromatic rings. The molecule has 0 N–H and O–H groups in total. The first-order chi connectivity index (χ1) is 20.8. The van der Waals surface area contributed by atoms with Gasteiger partial charge in [0.25, 0.3) is 0 Å². The van der Waals surface area contributed by atoms with Crippen molar-refractivity contribution in [2.75, 3.05) is 51.3 Å². The molecule has 0 amide bonds. The number of hydrogen-bond acceptors (Lipinski definition) is 9. The number of anilines is 1. The van der Waals surface area contributed by atoms with Crippen LogP contribution in [0.1, 0.15) is 42.2 Å². The van der Waals surface area contributed by atoms with Gasteiger partial charge in [-0.2, -0.15) is 10.4 Å². The summed E-state index contributed by atoms with van der Waals surface area (Å²) in [6.45, 7) is 6.58. The van der Waals surface area contributed by atoms with Crippen molar-refractivity contribution in [3.8, 4) is 22.9 Å². The summed E-state index contributed by atoms with van der Waals surface area (Å²) in [6.07, 6.45) is 8.92. The number of piperidine rings is 1. The largest absolute Gasteiger partial charge is 0.489 e. The second-order valence-electron chi connectivity index (χ2n) is 11.8. The van der Waals surface area contributed by atoms with Crippen LogP contribution in [0.25, 0.3) is 16.6 Å². The fourth-order valence-electron chi connectivity index (χ4n) is 5.88. The molecule has 2 fully saturated rings. The minimum atomic E-state index is -0.131. The number of rotatable bonds is 8. The maximum absolute atomic E-state index is 12.9. The molecule has 2 aliphatic rings. The number of nitriles is 1. The smallest absolute Gasteiger partial charge is 0.183 e. The maximum atomic E-state index is 12.9. The van der Waals surface area contributed by atoms with Crippen LogP contribution >= 0.6 is 11.6 Å². The lowest BCUT2D eigenvalue weighted by atomic mass is 9.76. The van der Waals surface area contributed by atoms with E-state index >= 15 is 0 Å². The second kappa shape index (κ2) is 12.3. The van der Waals surface area contributed by atoms with Crippen LogP contribution in [0.3, 0.4) is 0 Å². The summed E-state index contributed by atoms with van der Waals surface area (Å²) >= 11 is 6.21. The molecular formula is C32H34ClN7O3. The Morgan fingerprint density at radius 2 is 2.05 bits per heavy atom. The monoisotopic (exact) mass is 599 g/mol. The summed E-state index contributed by atoms with van der Waals surface area (Å²) in [7, 11) is 2.08. The SMILES string of the molecule is CN1CCO[C@H](COc2cc(-c3ccc(N4CCC(C)(CC(=O)c5ncccc5Cl)CC4)nc3)c3c(C#N)cnn3c2)C1. The van der Waals surface area contributed by atoms with Crippen molar-refractivity contribution in [3.05, 3.63) is 71.4 Å². The predicted molar refractivity (Wildman–Crippen MR) is 164 cm³/mol. The quantitative estimate of drug-likeness (QED) is 0.261. The number of nitrogens with zero attached hydrogens (tertiary/aromatic N) is 7. The van der Waals surface area contributed by atoms with Crippen molar-refractivity contribution in [1.29, 1.82) is 5.26 Å². The summed E-state index contributed by atoms with van der Waals surface area (Å²) in [6, 6.07) is 11.7. The molecule has 10 nitrogen and oxygen atoms in total. The number of carbonyl (C=O) groups excluding carboxylic acids is 1. The molecule has 0 spiro atoms. The number of pyridine rings is 3. The van der Waals surface area contributed by atoms with Crippen LogP contribution < -0.4 is 9.64 Å². The molecule has 11 heteroatoms. The summed E-state index contributed by atoms with van der Waals surface area (Å²) in [5, 5.41) is 14.5. The molecule has 0 unspecified atom stereocenters. The van der Waals surface area contributed by atoms with Gasteiger partial charge in [0.2, 0.25) is 0 Å². The van der Waals surface area contributed by atoms with Gasteiger partial charge in [-0.05, 0) is 55.6 Å². The third-order valence-electron chi connectivity index (χ3n) is 8.45. The minimum Gasteiger partial charge on any atom is -0.489 e. The van der Waals surface area contributed by atoms with Gasteiger partial charge in [-0.3, -0.25) is 9.78 Å². The van der Waals surface area contributed by atoms with Gasteiger partial charge < -0.3 is 19.3 Å². The van der Waals surface area contributed by atoms with E-state index in [4.69, 9.17) is 26.1 Å². The highest BCUT2D eigenvalue weighted by Crippen LogP contribution is 2.38. The Bertz CT molecular complexity index is 1660. The van der Waals surface area contributed by atoms with E-state index in [2.05, 4.69) is 39.9 Å². The highest BCUT2D eigenvalue weighted by Gasteiger charge is 2.33. The zero-order valence-electron chi connectivity index (χ0n) is 24.4. The molecular weight excluding hydrogens is 566 g/mol. The van der Waals surface area contributed by atoms with Crippen LogP contribution in [0.4, 0.5) is 5.82 Å². The third kappa shape index (κ3) is 6.34. The van der Waals surface area contributed by atoms with Crippen molar-refractivity contribution in [3.63, 3.8) is 0 Å². The van der Waals surface area contributed by atoms with E-state index in [1.807, 2.05) is 24.4 Å². The van der Waals surface area contributed by atoms with Gasteiger partial charge in [0.15, 0.2) is 5.78 Å². The summed E-state index contributed by atoms with van der Waals surface area (Å²) < 4.78 is 13.7. The molecule has 0 saturated carbocycles. The average molecular weight is 600 g/mol. The number of likely N-dealkylation sites (N-methyl/N-ethyl adjacent to an activating group) is 1. The Kier molecular flexibility index (Phi) is 8.30. The zero-order valence-corrected chi connectivity index (χ0v) is 25.1. The predicted octanol–water partition coefficient (Wildman–Crippen LogP) is 4.91. The van der Waals surface area contributed by atoms with Gasteiger partial charge >= 0.3 is 0 Å². The van der Waals surface area contributed by atoms with E-state index in [0.717, 1.165) is 56.0 Å². The van der Waals surface area contributed by atoms with E-state index in [9.17, 15) is 10.1 Å². The van der Waals surface area contributed by atoms with E-state index < -0.39 is 0 Å². The van der Waals surface area contributed by atoms with Crippen LogP contribution in [0.2, 0.25) is 5.02 Å². The Hall–Kier alpha value is -4.04. The molecule has 0 radical (unpaired) electrons. The lowest BCUT2D eigenvalue weighted by Gasteiger charge is -2.39. The molecule has 4 aromatic heterocycles. The van der Waals surface area contributed by atoms with Gasteiger partial charge in [0, 0.05) is 56.1 Å². The summed E-state index contributed by atoms with van der Waals surface area (Å²) in [4.78, 5) is 26.4. The highest BCUT2D eigenvalue weighted by atomic mass is 35.5. The summed E-state index contributed by atoms with van der Waals surface area (Å²) in [5.74, 6) is 1.51. The number of ether oxygens (including phenoxy) is 2. The first-order valence-corrected chi connectivity index (χ1v) is 14.9. The van der Waals surface area contributed by atoms with Gasteiger partial charge in [-0.15, -0.1) is 0 Å². The van der Waals surface area contributed by atoms with Gasteiger partial charge in [-0.1, -0.05) is 18.5 Å². The molecule has 0 aliphatic carbocycles. The van der Waals surface area contributed by atoms with Crippen molar-refractivity contribution in [2.24, 2.45) is 5.41 Å². The van der Waals surface area contributed by atoms with Crippen molar-refractivity contribution in [1.82, 2.24) is 24.5 Å². The highest BCUT2D eigenvalue weighted by molar-refractivity contribution is 6.33. The number of Topliss-reactive ketones (excluding diaryl/α,β-unsaturated/α-hetero) is 1. The van der Waals surface area contributed by atoms with E-state index in [-0.39, 0.29) is 17.3 Å². The van der Waals surface area contributed by atoms with E-state index in [0.29, 0.717) is 47.2 Å². The first kappa shape index (κ1) is 29.1. The number of ketones is 1. The Morgan fingerprint density at radius 3 is 2.77 bits per heavy atom. The molecule has 43 heavy (non-hydrogen) atoms. The summed E-state index contributed by atoms with van der Waals surface area (Å²) in [5.41, 5.74) is 3.11. The Labute approximate surface area is 255 Å². The van der Waals surface area contributed by atoms with Crippen molar-refractivity contribution >= 4 is 28.7 Å². The first-order valence-electron chi connectivity index (χ1n) is 14.5. The van der Waals surface area contributed by atoms with Gasteiger partial charge in [0.1, 0.15) is 36.0 Å². The third-order valence-corrected chi connectivity index (χ3v) is 8.75. The van der Waals surface area contributed by atoms with Crippen molar-refractivity contribution < 1.29 is 14.3 Å². The number of fused-ring (bicyclic) bond motifs is 1. The maximum Gasteiger partial charge on any atom is 0.183 e. The molecule has 1 atom stereocenters. The normalized spacial score (nSPS) is 18.8. The van der Waals surface area contributed by atoms with Crippen LogP contribution in [-0.4, -0.2) is 82.8 Å². The molecule has 2 aliphatic heterocycles. The topological polar surface area (TPSA) is 109 Å². The Morgan fingerprint density at radius 1 is 1.21 bits per heavy atom. The molecule has 6 rings (SSSR count). The fraction of sp³-hybridized carbons (Fsp3) is 0.406. The van der Waals surface area contributed by atoms with Crippen LogP contribution in [-0.2, 0) is 4.74 Å². The van der Waals surface area contributed by atoms with Crippen molar-refractivity contribution in [2.45, 2.75) is 32.3 Å². The average Bonchev–Trinajstić information content (AvgIpc) is 3.43. The second-order valence-corrected chi connectivity index (χ2v) is 12.2. The minimum absolute atomic E-state index is 0.0107. The molecule has 2 saturated heterocycles. The van der Waals surface area contributed by atoms with Crippen LogP contribution in [0, 0.1) is 16.7 Å². The molecule has 6 heterocycles. The van der Waals surface area contributed by atoms with Crippen LogP contribution in [0.5, 0.6) is 5.75 Å². The Balaban J connectivity index is 1.16. The molecule has 0 aromatic carbocycles. The van der Waals surface area contributed by atoms with E-state index in [1.54, 1.807) is 35.2 Å². The fourth-order valence-corrected chi connectivity index (χ4v) is 6.11. The number of aromatic nitrogens is 4. The number of halogens is 1. The standard InChI is InChI=1S/C32H34ClN7O3/c1-32(15-28(41)30-27(33)4-3-9-35-30)7-10-39(11-8-32)29-6-5-22(17-36-29)26-14-24(20-40-31(26)23(16-34)18-37-40)43-21-25-19-38(2)12-13-42-25/h3-6,9,14,17-18,20,25H,7-8,10-13,15,19,21H2,1-2H3/t25-/m0/s1.